The minimum Gasteiger partial charge on any atom is -0.491 e. The Morgan fingerprint density at radius 1 is 1.07 bits per heavy atom. The molecule has 6 nitrogen and oxygen atoms in total. The van der Waals surface area contributed by atoms with E-state index in [1.54, 1.807) is 11.9 Å². The SMILES string of the molecule is Cc1ccc(C)c(-n2c(C)nnc2SCC(=O)N(C)CCOc2ccccc2C)c1. The highest BCUT2D eigenvalue weighted by Gasteiger charge is 2.16. The van der Waals surface area contributed by atoms with Crippen LogP contribution in [0, 0.1) is 27.7 Å². The van der Waals surface area contributed by atoms with Crippen LogP contribution in [0.4, 0.5) is 0 Å². The molecule has 1 amide bonds. The quantitative estimate of drug-likeness (QED) is 0.509. The fourth-order valence-corrected chi connectivity index (χ4v) is 3.98. The van der Waals surface area contributed by atoms with Gasteiger partial charge in [-0.15, -0.1) is 10.2 Å². The van der Waals surface area contributed by atoms with Crippen LogP contribution in [0.3, 0.4) is 0 Å². The topological polar surface area (TPSA) is 60.2 Å². The lowest BCUT2D eigenvalue weighted by atomic mass is 10.1. The first-order chi connectivity index (χ1) is 14.4. The van der Waals surface area contributed by atoms with Crippen molar-refractivity contribution in [1.82, 2.24) is 19.7 Å². The molecule has 0 atom stereocenters. The maximum atomic E-state index is 12.6. The summed E-state index contributed by atoms with van der Waals surface area (Å²) in [5.41, 5.74) is 4.45. The number of nitrogens with zero attached hydrogens (tertiary/aromatic N) is 4. The number of thioether (sulfide) groups is 1. The zero-order chi connectivity index (χ0) is 21.7. The van der Waals surface area contributed by atoms with E-state index in [0.29, 0.717) is 18.9 Å². The van der Waals surface area contributed by atoms with Gasteiger partial charge in [-0.1, -0.05) is 42.1 Å². The molecule has 2 aromatic carbocycles. The van der Waals surface area contributed by atoms with Crippen LogP contribution >= 0.6 is 11.8 Å². The number of carbonyl (C=O) groups excluding carboxylic acids is 1. The van der Waals surface area contributed by atoms with E-state index in [9.17, 15) is 4.79 Å². The molecule has 0 N–H and O–H groups in total. The van der Waals surface area contributed by atoms with Crippen molar-refractivity contribution in [1.29, 1.82) is 0 Å². The minimum absolute atomic E-state index is 0.0292. The normalized spacial score (nSPS) is 10.8. The standard InChI is InChI=1S/C23H28N4O2S/c1-16-10-11-17(2)20(14-16)27-19(4)24-25-23(27)30-15-22(28)26(5)12-13-29-21-9-7-6-8-18(21)3/h6-11,14H,12-13,15H2,1-5H3. The largest absolute Gasteiger partial charge is 0.491 e. The molecule has 7 heteroatoms. The number of ether oxygens (including phenoxy) is 1. The maximum absolute atomic E-state index is 12.6. The van der Waals surface area contributed by atoms with Gasteiger partial charge in [-0.3, -0.25) is 9.36 Å². The first kappa shape index (κ1) is 21.9. The Morgan fingerprint density at radius 3 is 2.60 bits per heavy atom. The highest BCUT2D eigenvalue weighted by Crippen LogP contribution is 2.25. The van der Waals surface area contributed by atoms with Crippen LogP contribution in [-0.4, -0.2) is 51.5 Å². The third-order valence-electron chi connectivity index (χ3n) is 4.93. The van der Waals surface area contributed by atoms with Gasteiger partial charge >= 0.3 is 0 Å². The lowest BCUT2D eigenvalue weighted by Crippen LogP contribution is -2.32. The summed E-state index contributed by atoms with van der Waals surface area (Å²) in [6.45, 7) is 9.04. The van der Waals surface area contributed by atoms with E-state index in [2.05, 4.69) is 42.2 Å². The molecular formula is C23H28N4O2S. The van der Waals surface area contributed by atoms with Gasteiger partial charge in [0.1, 0.15) is 18.2 Å². The molecule has 0 bridgehead atoms. The second-order valence-electron chi connectivity index (χ2n) is 7.37. The predicted molar refractivity (Wildman–Crippen MR) is 121 cm³/mol. The number of amides is 1. The first-order valence-corrected chi connectivity index (χ1v) is 10.9. The number of rotatable bonds is 8. The molecule has 0 saturated carbocycles. The van der Waals surface area contributed by atoms with E-state index in [-0.39, 0.29) is 5.91 Å². The summed E-state index contributed by atoms with van der Waals surface area (Å²) < 4.78 is 7.81. The van der Waals surface area contributed by atoms with Gasteiger partial charge < -0.3 is 9.64 Å². The Bertz CT molecular complexity index is 1030. The number of aryl methyl sites for hydroxylation is 4. The van der Waals surface area contributed by atoms with E-state index in [4.69, 9.17) is 4.74 Å². The van der Waals surface area contributed by atoms with E-state index in [1.807, 2.05) is 42.7 Å². The van der Waals surface area contributed by atoms with Crippen molar-refractivity contribution in [3.63, 3.8) is 0 Å². The molecule has 3 rings (SSSR count). The monoisotopic (exact) mass is 424 g/mol. The van der Waals surface area contributed by atoms with Gasteiger partial charge in [0.15, 0.2) is 5.16 Å². The van der Waals surface area contributed by atoms with Crippen LogP contribution in [0.15, 0.2) is 47.6 Å². The van der Waals surface area contributed by atoms with Crippen molar-refractivity contribution >= 4 is 17.7 Å². The second-order valence-corrected chi connectivity index (χ2v) is 8.32. The molecular weight excluding hydrogens is 396 g/mol. The molecule has 0 radical (unpaired) electrons. The highest BCUT2D eigenvalue weighted by molar-refractivity contribution is 7.99. The van der Waals surface area contributed by atoms with E-state index < -0.39 is 0 Å². The molecule has 0 spiro atoms. The Morgan fingerprint density at radius 2 is 1.83 bits per heavy atom. The van der Waals surface area contributed by atoms with Crippen LogP contribution < -0.4 is 4.74 Å². The van der Waals surface area contributed by atoms with Crippen molar-refractivity contribution in [3.05, 3.63) is 65.0 Å². The summed E-state index contributed by atoms with van der Waals surface area (Å²) in [7, 11) is 1.80. The van der Waals surface area contributed by atoms with Gasteiger partial charge in [-0.25, -0.2) is 0 Å². The van der Waals surface area contributed by atoms with Crippen LogP contribution in [-0.2, 0) is 4.79 Å². The van der Waals surface area contributed by atoms with E-state index in [1.165, 1.54) is 17.3 Å². The average molecular weight is 425 g/mol. The van der Waals surface area contributed by atoms with Crippen LogP contribution in [0.5, 0.6) is 5.75 Å². The van der Waals surface area contributed by atoms with Crippen LogP contribution in [0.2, 0.25) is 0 Å². The number of likely N-dealkylation sites (N-methyl/N-ethyl adjacent to an activating group) is 1. The summed E-state index contributed by atoms with van der Waals surface area (Å²) in [5.74, 6) is 1.98. The van der Waals surface area contributed by atoms with Crippen molar-refractivity contribution in [3.8, 4) is 11.4 Å². The second kappa shape index (κ2) is 9.80. The number of hydrogen-bond donors (Lipinski definition) is 0. The maximum Gasteiger partial charge on any atom is 0.232 e. The van der Waals surface area contributed by atoms with Crippen LogP contribution in [0.1, 0.15) is 22.5 Å². The van der Waals surface area contributed by atoms with Gasteiger partial charge in [0.05, 0.1) is 18.0 Å². The van der Waals surface area contributed by atoms with Gasteiger partial charge in [0, 0.05) is 7.05 Å². The Balaban J connectivity index is 1.58. The fraction of sp³-hybridized carbons (Fsp3) is 0.348. The zero-order valence-corrected chi connectivity index (χ0v) is 19.0. The molecule has 158 valence electrons. The Labute approximate surface area is 182 Å². The van der Waals surface area contributed by atoms with Crippen molar-refractivity contribution < 1.29 is 9.53 Å². The molecule has 0 aliphatic heterocycles. The summed E-state index contributed by atoms with van der Waals surface area (Å²) in [5, 5.41) is 9.23. The van der Waals surface area contributed by atoms with Gasteiger partial charge in [0.2, 0.25) is 5.91 Å². The number of para-hydroxylation sites is 1. The fourth-order valence-electron chi connectivity index (χ4n) is 3.05. The molecule has 3 aromatic rings. The van der Waals surface area contributed by atoms with E-state index in [0.717, 1.165) is 33.5 Å². The Kier molecular flexibility index (Phi) is 7.15. The average Bonchev–Trinajstić information content (AvgIpc) is 3.09. The number of benzene rings is 2. The van der Waals surface area contributed by atoms with Gasteiger partial charge in [-0.2, -0.15) is 0 Å². The lowest BCUT2D eigenvalue weighted by Gasteiger charge is -2.18. The molecule has 0 unspecified atom stereocenters. The van der Waals surface area contributed by atoms with Crippen molar-refractivity contribution in [2.75, 3.05) is 26.0 Å². The lowest BCUT2D eigenvalue weighted by molar-refractivity contribution is -0.127. The number of hydrogen-bond acceptors (Lipinski definition) is 5. The highest BCUT2D eigenvalue weighted by atomic mass is 32.2. The third-order valence-corrected chi connectivity index (χ3v) is 5.84. The molecule has 30 heavy (non-hydrogen) atoms. The molecule has 0 aliphatic rings. The molecule has 1 heterocycles. The van der Waals surface area contributed by atoms with E-state index >= 15 is 0 Å². The molecule has 0 aliphatic carbocycles. The van der Waals surface area contributed by atoms with Gasteiger partial charge in [0.25, 0.3) is 0 Å². The first-order valence-electron chi connectivity index (χ1n) is 9.91. The number of carbonyl (C=O) groups is 1. The van der Waals surface area contributed by atoms with Crippen molar-refractivity contribution in [2.45, 2.75) is 32.9 Å². The Hall–Kier alpha value is -2.80. The van der Waals surface area contributed by atoms with Crippen molar-refractivity contribution in [2.24, 2.45) is 0 Å². The number of aromatic nitrogens is 3. The minimum atomic E-state index is 0.0292. The zero-order valence-electron chi connectivity index (χ0n) is 18.2. The molecule has 1 aromatic heterocycles. The van der Waals surface area contributed by atoms with Crippen LogP contribution in [0.25, 0.3) is 5.69 Å². The van der Waals surface area contributed by atoms with Gasteiger partial charge in [-0.05, 0) is 56.5 Å². The smallest absolute Gasteiger partial charge is 0.232 e. The summed E-state index contributed by atoms with van der Waals surface area (Å²) in [4.78, 5) is 14.3. The summed E-state index contributed by atoms with van der Waals surface area (Å²) in [6.07, 6.45) is 0. The predicted octanol–water partition coefficient (Wildman–Crippen LogP) is 4.13. The molecule has 0 saturated heterocycles. The summed E-state index contributed by atoms with van der Waals surface area (Å²) in [6, 6.07) is 14.2. The third kappa shape index (κ3) is 5.21. The summed E-state index contributed by atoms with van der Waals surface area (Å²) >= 11 is 1.40. The molecule has 0 fully saturated rings.